The summed E-state index contributed by atoms with van der Waals surface area (Å²) in [6.07, 6.45) is 19.5. The molecule has 0 saturated carbocycles. The van der Waals surface area contributed by atoms with Crippen LogP contribution in [0.1, 0.15) is 85.0 Å². The van der Waals surface area contributed by atoms with E-state index in [-0.39, 0.29) is 12.4 Å². The van der Waals surface area contributed by atoms with Gasteiger partial charge in [0.05, 0.1) is 12.8 Å². The second kappa shape index (κ2) is 11.8. The van der Waals surface area contributed by atoms with Gasteiger partial charge in [0.1, 0.15) is 6.54 Å². The molecular formula is C20H39N2O+. The zero-order valence-electron chi connectivity index (χ0n) is 15.7. The Kier molecular flexibility index (Phi) is 10.5. The van der Waals surface area contributed by atoms with E-state index in [1.165, 1.54) is 57.8 Å². The third kappa shape index (κ3) is 6.76. The normalized spacial score (nSPS) is 25.5. The van der Waals surface area contributed by atoms with Crippen molar-refractivity contribution in [1.29, 1.82) is 0 Å². The van der Waals surface area contributed by atoms with Gasteiger partial charge in [0, 0.05) is 13.3 Å². The number of aliphatic hydroxyl groups excluding tert-OH is 1. The molecule has 0 aromatic heterocycles. The predicted octanol–water partition coefficient (Wildman–Crippen LogP) is 5.05. The van der Waals surface area contributed by atoms with Gasteiger partial charge in [0.15, 0.2) is 12.4 Å². The molecular weight excluding hydrogens is 284 g/mol. The van der Waals surface area contributed by atoms with Gasteiger partial charge in [-0.05, 0) is 39.0 Å². The molecule has 1 heterocycles. The van der Waals surface area contributed by atoms with Crippen LogP contribution < -0.4 is 0 Å². The molecule has 3 nitrogen and oxygen atoms in total. The summed E-state index contributed by atoms with van der Waals surface area (Å²) in [6.45, 7) is 8.19. The first-order valence-corrected chi connectivity index (χ1v) is 9.88. The third-order valence-electron chi connectivity index (χ3n) is 5.35. The second-order valence-electron chi connectivity index (χ2n) is 7.00. The molecule has 0 fully saturated rings. The molecule has 1 rings (SSSR count). The van der Waals surface area contributed by atoms with E-state index >= 15 is 0 Å². The summed E-state index contributed by atoms with van der Waals surface area (Å²) in [5.41, 5.74) is 0. The molecule has 0 radical (unpaired) electrons. The lowest BCUT2D eigenvalue weighted by molar-refractivity contribution is -0.976. The summed E-state index contributed by atoms with van der Waals surface area (Å²) >= 11 is 0. The van der Waals surface area contributed by atoms with Gasteiger partial charge in [-0.3, -0.25) is 4.48 Å². The molecule has 1 aliphatic rings. The first-order chi connectivity index (χ1) is 11.2. The van der Waals surface area contributed by atoms with Crippen molar-refractivity contribution >= 4 is 6.21 Å². The molecule has 0 aliphatic carbocycles. The van der Waals surface area contributed by atoms with E-state index in [4.69, 9.17) is 0 Å². The number of hydrogen-bond acceptors (Lipinski definition) is 2. The average molecular weight is 324 g/mol. The largest absolute Gasteiger partial charge is 0.345 e. The molecule has 0 amide bonds. The van der Waals surface area contributed by atoms with Gasteiger partial charge in [-0.1, -0.05) is 44.8 Å². The quantitative estimate of drug-likeness (QED) is 0.287. The minimum absolute atomic E-state index is 0.266. The standard InChI is InChI=1S/C20H39N2O/c1-4-6-7-8-9-10-11-12-13-14-15-16-20-21-17-18-22(20,5-2)19(3)23/h11-12,17,19-20,23H,4-10,13-16,18H2,1-3H3/q+1/b12-11+. The van der Waals surface area contributed by atoms with Crippen molar-refractivity contribution in [2.45, 2.75) is 97.4 Å². The lowest BCUT2D eigenvalue weighted by Crippen LogP contribution is -2.57. The van der Waals surface area contributed by atoms with E-state index in [0.29, 0.717) is 0 Å². The predicted molar refractivity (Wildman–Crippen MR) is 101 cm³/mol. The fourth-order valence-electron chi connectivity index (χ4n) is 3.60. The van der Waals surface area contributed by atoms with Crippen molar-refractivity contribution in [3.05, 3.63) is 12.2 Å². The lowest BCUT2D eigenvalue weighted by atomic mass is 10.1. The van der Waals surface area contributed by atoms with Crippen LogP contribution in [0.15, 0.2) is 17.1 Å². The van der Waals surface area contributed by atoms with Crippen LogP contribution in [0.25, 0.3) is 0 Å². The molecule has 0 spiro atoms. The molecule has 3 atom stereocenters. The zero-order valence-corrected chi connectivity index (χ0v) is 15.7. The molecule has 0 aromatic rings. The van der Waals surface area contributed by atoms with Gasteiger partial charge in [-0.15, -0.1) is 0 Å². The number of hydrogen-bond donors (Lipinski definition) is 1. The summed E-state index contributed by atoms with van der Waals surface area (Å²) in [5, 5.41) is 10.1. The molecule has 0 saturated heterocycles. The topological polar surface area (TPSA) is 32.6 Å². The molecule has 3 unspecified atom stereocenters. The number of rotatable bonds is 13. The smallest absolute Gasteiger partial charge is 0.189 e. The third-order valence-corrected chi connectivity index (χ3v) is 5.35. The highest BCUT2D eigenvalue weighted by Gasteiger charge is 2.41. The number of quaternary nitrogens is 1. The Morgan fingerprint density at radius 3 is 2.35 bits per heavy atom. The van der Waals surface area contributed by atoms with Crippen LogP contribution in [0.3, 0.4) is 0 Å². The Morgan fingerprint density at radius 2 is 1.74 bits per heavy atom. The maximum atomic E-state index is 10.1. The van der Waals surface area contributed by atoms with E-state index in [1.807, 2.05) is 13.1 Å². The van der Waals surface area contributed by atoms with Crippen LogP contribution in [-0.2, 0) is 0 Å². The van der Waals surface area contributed by atoms with Gasteiger partial charge < -0.3 is 5.11 Å². The Morgan fingerprint density at radius 1 is 1.09 bits per heavy atom. The van der Waals surface area contributed by atoms with Crippen molar-refractivity contribution in [2.75, 3.05) is 13.1 Å². The van der Waals surface area contributed by atoms with Crippen molar-refractivity contribution in [2.24, 2.45) is 4.99 Å². The highest BCUT2D eigenvalue weighted by atomic mass is 16.3. The van der Waals surface area contributed by atoms with Gasteiger partial charge in [-0.2, -0.15) is 0 Å². The summed E-state index contributed by atoms with van der Waals surface area (Å²) < 4.78 is 0.730. The zero-order chi connectivity index (χ0) is 17.0. The SMILES string of the molecule is CCCCCCC/C=C/CCCCC1N=CC[N+]1(CC)C(C)O. The summed E-state index contributed by atoms with van der Waals surface area (Å²) in [4.78, 5) is 4.63. The van der Waals surface area contributed by atoms with E-state index in [1.54, 1.807) is 0 Å². The van der Waals surface area contributed by atoms with Crippen LogP contribution >= 0.6 is 0 Å². The fourth-order valence-corrected chi connectivity index (χ4v) is 3.60. The monoisotopic (exact) mass is 323 g/mol. The van der Waals surface area contributed by atoms with Gasteiger partial charge in [-0.25, -0.2) is 4.99 Å². The van der Waals surface area contributed by atoms with Crippen molar-refractivity contribution < 1.29 is 9.59 Å². The van der Waals surface area contributed by atoms with Crippen LogP contribution in [0, 0.1) is 0 Å². The number of nitrogens with zero attached hydrogens (tertiary/aromatic N) is 2. The minimum atomic E-state index is -0.319. The molecule has 1 aliphatic heterocycles. The highest BCUT2D eigenvalue weighted by molar-refractivity contribution is 5.60. The molecule has 0 aromatic carbocycles. The maximum Gasteiger partial charge on any atom is 0.189 e. The van der Waals surface area contributed by atoms with Crippen LogP contribution in [0.4, 0.5) is 0 Å². The van der Waals surface area contributed by atoms with Gasteiger partial charge >= 0.3 is 0 Å². The minimum Gasteiger partial charge on any atom is -0.345 e. The van der Waals surface area contributed by atoms with Crippen molar-refractivity contribution in [3.8, 4) is 0 Å². The van der Waals surface area contributed by atoms with Crippen molar-refractivity contribution in [3.63, 3.8) is 0 Å². The Bertz CT molecular complexity index is 352. The van der Waals surface area contributed by atoms with E-state index in [2.05, 4.69) is 31.0 Å². The molecule has 134 valence electrons. The first kappa shape index (κ1) is 20.4. The lowest BCUT2D eigenvalue weighted by Gasteiger charge is -2.40. The highest BCUT2D eigenvalue weighted by Crippen LogP contribution is 2.26. The number of aliphatic imine (C=N–C) groups is 1. The number of allylic oxidation sites excluding steroid dienone is 2. The van der Waals surface area contributed by atoms with Crippen molar-refractivity contribution in [1.82, 2.24) is 0 Å². The summed E-state index contributed by atoms with van der Waals surface area (Å²) in [5.74, 6) is 0. The van der Waals surface area contributed by atoms with Crippen LogP contribution in [-0.4, -0.2) is 41.3 Å². The molecule has 3 heteroatoms. The summed E-state index contributed by atoms with van der Waals surface area (Å²) in [7, 11) is 0. The van der Waals surface area contributed by atoms with Crippen LogP contribution in [0.5, 0.6) is 0 Å². The van der Waals surface area contributed by atoms with Crippen LogP contribution in [0.2, 0.25) is 0 Å². The fraction of sp³-hybridized carbons (Fsp3) is 0.850. The molecule has 23 heavy (non-hydrogen) atoms. The van der Waals surface area contributed by atoms with E-state index < -0.39 is 0 Å². The maximum absolute atomic E-state index is 10.1. The molecule has 1 N–H and O–H groups in total. The second-order valence-corrected chi connectivity index (χ2v) is 7.00. The first-order valence-electron chi connectivity index (χ1n) is 9.88. The Hall–Kier alpha value is -0.670. The van der Waals surface area contributed by atoms with E-state index in [9.17, 15) is 5.11 Å². The Balaban J connectivity index is 2.09. The van der Waals surface area contributed by atoms with Gasteiger partial charge in [0.25, 0.3) is 0 Å². The number of aliphatic hydroxyl groups is 1. The summed E-state index contributed by atoms with van der Waals surface area (Å²) in [6, 6.07) is 0. The molecule has 0 bridgehead atoms. The van der Waals surface area contributed by atoms with E-state index in [0.717, 1.165) is 24.0 Å². The Labute approximate surface area is 144 Å². The van der Waals surface area contributed by atoms with Gasteiger partial charge in [0.2, 0.25) is 0 Å². The average Bonchev–Trinajstić information content (AvgIpc) is 2.97. The number of unbranched alkanes of at least 4 members (excludes halogenated alkanes) is 7.